The van der Waals surface area contributed by atoms with Crippen LogP contribution in [0.15, 0.2) is 60.2 Å². The van der Waals surface area contributed by atoms with Gasteiger partial charge in [0, 0.05) is 17.7 Å². The quantitative estimate of drug-likeness (QED) is 0.595. The number of rotatable bonds is 2. The number of allylic oxidation sites excluding steroid dienone is 3. The normalized spacial score (nSPS) is 18.4. The number of nitrogens with one attached hydrogen (secondary N) is 1. The minimum atomic E-state index is 0.794. The van der Waals surface area contributed by atoms with Crippen molar-refractivity contribution in [1.82, 2.24) is 0 Å². The molecule has 1 N–H and O–H groups in total. The van der Waals surface area contributed by atoms with Crippen molar-refractivity contribution in [2.24, 2.45) is 0 Å². The summed E-state index contributed by atoms with van der Waals surface area (Å²) in [7, 11) is 0. The van der Waals surface area contributed by atoms with Gasteiger partial charge >= 0.3 is 0 Å². The van der Waals surface area contributed by atoms with Crippen molar-refractivity contribution in [1.29, 1.82) is 0 Å². The van der Waals surface area contributed by atoms with E-state index in [1.54, 1.807) is 6.08 Å². The fraction of sp³-hybridized carbons (Fsp3) is 0.125. The summed E-state index contributed by atoms with van der Waals surface area (Å²) in [6.07, 6.45) is 5.77. The second kappa shape index (κ2) is 5.23. The van der Waals surface area contributed by atoms with Crippen LogP contribution in [0.4, 0.5) is 5.69 Å². The Morgan fingerprint density at radius 2 is 2.12 bits per heavy atom. The van der Waals surface area contributed by atoms with Gasteiger partial charge in [0.15, 0.2) is 0 Å². The Hall–Kier alpha value is -2.20. The summed E-state index contributed by atoms with van der Waals surface area (Å²) in [6, 6.07) is 8.12. The molecule has 0 aromatic heterocycles. The molecule has 2 rings (SSSR count). The molecule has 0 bridgehead atoms. The van der Waals surface area contributed by atoms with Gasteiger partial charge in [0.2, 0.25) is 0 Å². The highest BCUT2D eigenvalue weighted by molar-refractivity contribution is 5.62. The van der Waals surface area contributed by atoms with E-state index in [1.165, 1.54) is 5.57 Å². The molecule has 0 radical (unpaired) electrons. The molecule has 1 aliphatic rings. The molecule has 1 aromatic rings. The molecule has 17 heavy (non-hydrogen) atoms. The van der Waals surface area contributed by atoms with Crippen LogP contribution in [0.2, 0.25) is 0 Å². The highest BCUT2D eigenvalue weighted by Crippen LogP contribution is 2.17. The minimum absolute atomic E-state index is 0.794. The molecule has 1 heteroatoms. The van der Waals surface area contributed by atoms with Crippen molar-refractivity contribution in [2.75, 3.05) is 11.9 Å². The van der Waals surface area contributed by atoms with Crippen molar-refractivity contribution < 1.29 is 0 Å². The van der Waals surface area contributed by atoms with Crippen LogP contribution in [0.25, 0.3) is 0 Å². The monoisotopic (exact) mass is 221 g/mol. The van der Waals surface area contributed by atoms with Gasteiger partial charge in [0.05, 0.1) is 5.69 Å². The molecule has 0 spiro atoms. The second-order valence-electron chi connectivity index (χ2n) is 3.89. The average molecular weight is 221 g/mol. The van der Waals surface area contributed by atoms with Crippen molar-refractivity contribution in [3.8, 4) is 11.8 Å². The highest BCUT2D eigenvalue weighted by atomic mass is 14.9. The zero-order valence-electron chi connectivity index (χ0n) is 9.96. The van der Waals surface area contributed by atoms with Crippen molar-refractivity contribution in [2.45, 2.75) is 6.92 Å². The maximum Gasteiger partial charge on any atom is 0.0502 e. The zero-order valence-corrected chi connectivity index (χ0v) is 9.96. The highest BCUT2D eigenvalue weighted by Gasteiger charge is 2.04. The topological polar surface area (TPSA) is 12.0 Å². The summed E-state index contributed by atoms with van der Waals surface area (Å²) in [5.41, 5.74) is 4.45. The van der Waals surface area contributed by atoms with E-state index in [2.05, 4.69) is 35.9 Å². The molecular weight excluding hydrogens is 206 g/mol. The number of fused-ring (bicyclic) bond motifs is 1. The molecule has 1 nitrogen and oxygen atoms in total. The molecule has 0 saturated heterocycles. The standard InChI is InChI=1S/C16H15N/c1-3-4-7-15-12-17-16-9-6-5-8-14(16)11-10-13(15)2/h3-9,17H,1,12H2,2H3/b7-4-,15-13-. The third-order valence-corrected chi connectivity index (χ3v) is 2.70. The largest absolute Gasteiger partial charge is 0.380 e. The van der Waals surface area contributed by atoms with Gasteiger partial charge in [0.25, 0.3) is 0 Å². The maximum absolute atomic E-state index is 3.68. The van der Waals surface area contributed by atoms with Crippen molar-refractivity contribution in [3.05, 3.63) is 65.8 Å². The first kappa shape index (κ1) is 11.3. The summed E-state index contributed by atoms with van der Waals surface area (Å²) in [5, 5.41) is 3.41. The van der Waals surface area contributed by atoms with Crippen molar-refractivity contribution in [3.63, 3.8) is 0 Å². The van der Waals surface area contributed by atoms with Gasteiger partial charge in [-0.3, -0.25) is 0 Å². The van der Waals surface area contributed by atoms with Crippen LogP contribution in [0.1, 0.15) is 12.5 Å². The lowest BCUT2D eigenvalue weighted by molar-refractivity contribution is 1.22. The van der Waals surface area contributed by atoms with Gasteiger partial charge in [-0.2, -0.15) is 0 Å². The molecule has 0 aliphatic carbocycles. The zero-order chi connectivity index (χ0) is 12.1. The number of hydrogen-bond acceptors (Lipinski definition) is 1. The van der Waals surface area contributed by atoms with Crippen LogP contribution >= 0.6 is 0 Å². The van der Waals surface area contributed by atoms with E-state index in [9.17, 15) is 0 Å². The van der Waals surface area contributed by atoms with Crippen LogP contribution in [0, 0.1) is 11.8 Å². The van der Waals surface area contributed by atoms with E-state index in [0.29, 0.717) is 0 Å². The Morgan fingerprint density at radius 1 is 1.29 bits per heavy atom. The third kappa shape index (κ3) is 2.68. The third-order valence-electron chi connectivity index (χ3n) is 2.70. The first-order chi connectivity index (χ1) is 8.31. The van der Waals surface area contributed by atoms with Gasteiger partial charge in [-0.15, -0.1) is 0 Å². The predicted molar refractivity (Wildman–Crippen MR) is 73.8 cm³/mol. The van der Waals surface area contributed by atoms with Gasteiger partial charge in [0.1, 0.15) is 0 Å². The van der Waals surface area contributed by atoms with Crippen LogP contribution < -0.4 is 5.32 Å². The summed E-state index contributed by atoms with van der Waals surface area (Å²) < 4.78 is 0. The van der Waals surface area contributed by atoms with Gasteiger partial charge in [-0.1, -0.05) is 48.8 Å². The van der Waals surface area contributed by atoms with Crippen LogP contribution in [0.5, 0.6) is 0 Å². The molecule has 1 aliphatic heterocycles. The van der Waals surface area contributed by atoms with Gasteiger partial charge in [-0.05, 0) is 24.6 Å². The molecule has 0 saturated carbocycles. The number of hydrogen-bond donors (Lipinski definition) is 1. The summed E-state index contributed by atoms with van der Waals surface area (Å²) in [4.78, 5) is 0. The fourth-order valence-electron chi connectivity index (χ4n) is 1.68. The first-order valence-corrected chi connectivity index (χ1v) is 5.65. The Morgan fingerprint density at radius 3 is 2.94 bits per heavy atom. The van der Waals surface area contributed by atoms with E-state index >= 15 is 0 Å². The van der Waals surface area contributed by atoms with Crippen LogP contribution in [-0.4, -0.2) is 6.54 Å². The minimum Gasteiger partial charge on any atom is -0.380 e. The van der Waals surface area contributed by atoms with Crippen LogP contribution in [-0.2, 0) is 0 Å². The molecule has 0 fully saturated rings. The molecule has 1 aromatic carbocycles. The number of anilines is 1. The van der Waals surface area contributed by atoms with Crippen LogP contribution in [0.3, 0.4) is 0 Å². The summed E-state index contributed by atoms with van der Waals surface area (Å²) >= 11 is 0. The average Bonchev–Trinajstić information content (AvgIpc) is 2.35. The van der Waals surface area contributed by atoms with E-state index < -0.39 is 0 Å². The second-order valence-corrected chi connectivity index (χ2v) is 3.89. The Bertz CT molecular complexity index is 550. The lowest BCUT2D eigenvalue weighted by Crippen LogP contribution is -2.07. The smallest absolute Gasteiger partial charge is 0.0502 e. The maximum atomic E-state index is 3.68. The van der Waals surface area contributed by atoms with E-state index in [4.69, 9.17) is 0 Å². The summed E-state index contributed by atoms with van der Waals surface area (Å²) in [5.74, 6) is 6.39. The molecule has 0 atom stereocenters. The molecular formula is C16H15N. The lowest BCUT2D eigenvalue weighted by Gasteiger charge is -2.12. The lowest BCUT2D eigenvalue weighted by atomic mass is 10.1. The Balaban J connectivity index is 2.39. The fourth-order valence-corrected chi connectivity index (χ4v) is 1.68. The predicted octanol–water partition coefficient (Wildman–Crippen LogP) is 3.52. The Labute approximate surface area is 103 Å². The molecule has 1 heterocycles. The van der Waals surface area contributed by atoms with E-state index in [0.717, 1.165) is 23.4 Å². The molecule has 0 unspecified atom stereocenters. The molecule has 0 amide bonds. The van der Waals surface area contributed by atoms with Crippen molar-refractivity contribution >= 4 is 5.69 Å². The van der Waals surface area contributed by atoms with Gasteiger partial charge < -0.3 is 5.32 Å². The first-order valence-electron chi connectivity index (χ1n) is 5.65. The molecule has 84 valence electrons. The number of benzene rings is 1. The van der Waals surface area contributed by atoms with E-state index in [1.807, 2.05) is 31.2 Å². The number of para-hydroxylation sites is 1. The Kier molecular flexibility index (Phi) is 3.47. The SMILES string of the molecule is C=C/C=C\C1=C(/C)C#Cc2ccccc2NC1. The van der Waals surface area contributed by atoms with E-state index in [-0.39, 0.29) is 0 Å². The summed E-state index contributed by atoms with van der Waals surface area (Å²) in [6.45, 7) is 6.52. The van der Waals surface area contributed by atoms with Gasteiger partial charge in [-0.25, -0.2) is 0 Å².